The fraction of sp³-hybridized carbons (Fsp3) is 0.174. The van der Waals surface area contributed by atoms with Gasteiger partial charge >= 0.3 is 12.2 Å². The predicted molar refractivity (Wildman–Crippen MR) is 123 cm³/mol. The summed E-state index contributed by atoms with van der Waals surface area (Å²) >= 11 is 6.69. The zero-order chi connectivity index (χ0) is 23.3. The number of nitrogens with zero attached hydrogens (tertiary/aromatic N) is 2. The molecule has 1 aliphatic heterocycles. The summed E-state index contributed by atoms with van der Waals surface area (Å²) in [6, 6.07) is 16.6. The summed E-state index contributed by atoms with van der Waals surface area (Å²) in [6.45, 7) is 1.61. The molecule has 32 heavy (non-hydrogen) atoms. The number of urea groups is 1. The monoisotopic (exact) mass is 568 g/mol. The number of aliphatic hydroxyl groups is 1. The molecule has 1 N–H and O–H groups in total. The summed E-state index contributed by atoms with van der Waals surface area (Å²) < 4.78 is 41.8. The number of carbonyl (C=O) groups excluding carboxylic acids is 1. The molecule has 4 nitrogen and oxygen atoms in total. The lowest BCUT2D eigenvalue weighted by molar-refractivity contribution is -0.137. The third-order valence-corrected chi connectivity index (χ3v) is 6.57. The third-order valence-electron chi connectivity index (χ3n) is 5.51. The average molecular weight is 570 g/mol. The van der Waals surface area contributed by atoms with Crippen molar-refractivity contribution in [3.05, 3.63) is 92.9 Å². The van der Waals surface area contributed by atoms with Crippen molar-refractivity contribution in [2.45, 2.75) is 24.9 Å². The molecular weight excluding hydrogens is 553 g/mol. The van der Waals surface area contributed by atoms with E-state index in [1.165, 1.54) is 17.0 Å². The zero-order valence-electron chi connectivity index (χ0n) is 16.6. The van der Waals surface area contributed by atoms with Gasteiger partial charge in [0.15, 0.2) is 5.72 Å². The third kappa shape index (κ3) is 3.82. The molecule has 9 heteroatoms. The van der Waals surface area contributed by atoms with Crippen LogP contribution in [0.3, 0.4) is 0 Å². The molecule has 166 valence electrons. The number of halogens is 5. The number of alkyl halides is 3. The molecule has 0 aliphatic carbocycles. The SMILES string of the molecule is C[C@@H]1N(c2ccc(Br)cc2)C(=O)N(c2ccc(Br)cc2)C1(O)c1cccc(C(F)(F)F)c1. The van der Waals surface area contributed by atoms with Crippen LogP contribution in [-0.2, 0) is 11.9 Å². The van der Waals surface area contributed by atoms with Crippen LogP contribution in [0.15, 0.2) is 81.7 Å². The highest BCUT2D eigenvalue weighted by Crippen LogP contribution is 2.45. The number of hydrogen-bond acceptors (Lipinski definition) is 2. The first-order chi connectivity index (χ1) is 15.0. The van der Waals surface area contributed by atoms with Gasteiger partial charge in [0.25, 0.3) is 0 Å². The van der Waals surface area contributed by atoms with E-state index in [0.29, 0.717) is 11.4 Å². The van der Waals surface area contributed by atoms with Crippen LogP contribution in [0.25, 0.3) is 0 Å². The number of amides is 2. The van der Waals surface area contributed by atoms with E-state index in [4.69, 9.17) is 0 Å². The van der Waals surface area contributed by atoms with Crippen molar-refractivity contribution in [2.75, 3.05) is 9.80 Å². The van der Waals surface area contributed by atoms with E-state index in [0.717, 1.165) is 26.0 Å². The van der Waals surface area contributed by atoms with Gasteiger partial charge in [0.1, 0.15) is 0 Å². The van der Waals surface area contributed by atoms with Crippen molar-refractivity contribution >= 4 is 49.3 Å². The van der Waals surface area contributed by atoms with Gasteiger partial charge in [-0.25, -0.2) is 4.79 Å². The maximum absolute atomic E-state index is 13.6. The first kappa shape index (κ1) is 22.8. The van der Waals surface area contributed by atoms with Gasteiger partial charge in [-0.2, -0.15) is 13.2 Å². The summed E-state index contributed by atoms with van der Waals surface area (Å²) in [5.41, 5.74) is -2.13. The number of hydrogen-bond donors (Lipinski definition) is 1. The summed E-state index contributed by atoms with van der Waals surface area (Å²) in [5.74, 6) is 0. The Kier molecular flexibility index (Phi) is 5.85. The van der Waals surface area contributed by atoms with Gasteiger partial charge in [-0.05, 0) is 67.6 Å². The quantitative estimate of drug-likeness (QED) is 0.372. The van der Waals surface area contributed by atoms with Crippen molar-refractivity contribution in [2.24, 2.45) is 0 Å². The van der Waals surface area contributed by atoms with Gasteiger partial charge in [0.05, 0.1) is 11.6 Å². The Labute approximate surface area is 199 Å². The van der Waals surface area contributed by atoms with Crippen LogP contribution in [0, 0.1) is 0 Å². The van der Waals surface area contributed by atoms with Gasteiger partial charge < -0.3 is 5.11 Å². The van der Waals surface area contributed by atoms with E-state index in [-0.39, 0.29) is 5.56 Å². The van der Waals surface area contributed by atoms with E-state index >= 15 is 0 Å². The highest BCUT2D eigenvalue weighted by atomic mass is 79.9. The molecule has 0 radical (unpaired) electrons. The lowest BCUT2D eigenvalue weighted by atomic mass is 9.93. The van der Waals surface area contributed by atoms with Crippen molar-refractivity contribution in [3.63, 3.8) is 0 Å². The zero-order valence-corrected chi connectivity index (χ0v) is 19.8. The van der Waals surface area contributed by atoms with Crippen molar-refractivity contribution in [1.82, 2.24) is 0 Å². The Morgan fingerprint density at radius 3 is 1.97 bits per heavy atom. The molecule has 3 aromatic carbocycles. The maximum atomic E-state index is 13.6. The Morgan fingerprint density at radius 1 is 0.906 bits per heavy atom. The minimum Gasteiger partial charge on any atom is -0.365 e. The van der Waals surface area contributed by atoms with E-state index < -0.39 is 29.5 Å². The first-order valence-electron chi connectivity index (χ1n) is 9.58. The number of rotatable bonds is 3. The standard InChI is InChI=1S/C23H17Br2F3N2O2/c1-14-22(32,15-3-2-4-16(13-15)23(26,27)28)30(20-11-7-18(25)8-12-20)21(31)29(14)19-9-5-17(24)6-10-19/h2-14,32H,1H3/t14-,22?/m0/s1. The first-order valence-corrected chi connectivity index (χ1v) is 11.2. The summed E-state index contributed by atoms with van der Waals surface area (Å²) in [5, 5.41) is 11.9. The number of carbonyl (C=O) groups is 1. The highest BCUT2D eigenvalue weighted by molar-refractivity contribution is 9.10. The van der Waals surface area contributed by atoms with Crippen molar-refractivity contribution < 1.29 is 23.1 Å². The summed E-state index contributed by atoms with van der Waals surface area (Å²) in [7, 11) is 0. The topological polar surface area (TPSA) is 43.8 Å². The van der Waals surface area contributed by atoms with E-state index in [9.17, 15) is 23.1 Å². The molecule has 1 saturated heterocycles. The Balaban J connectivity index is 1.91. The smallest absolute Gasteiger partial charge is 0.365 e. The van der Waals surface area contributed by atoms with Crippen LogP contribution < -0.4 is 9.80 Å². The molecule has 1 heterocycles. The maximum Gasteiger partial charge on any atom is 0.416 e. The molecule has 1 aliphatic rings. The summed E-state index contributed by atoms with van der Waals surface area (Å²) in [6.07, 6.45) is -4.59. The molecule has 0 saturated carbocycles. The molecule has 0 bridgehead atoms. The van der Waals surface area contributed by atoms with Crippen LogP contribution >= 0.6 is 31.9 Å². The largest absolute Gasteiger partial charge is 0.416 e. The van der Waals surface area contributed by atoms with Gasteiger partial charge in [-0.1, -0.05) is 44.0 Å². The van der Waals surface area contributed by atoms with Gasteiger partial charge in [-0.3, -0.25) is 9.80 Å². The van der Waals surface area contributed by atoms with Crippen LogP contribution in [0.5, 0.6) is 0 Å². The number of benzene rings is 3. The second kappa shape index (κ2) is 8.20. The van der Waals surface area contributed by atoms with Crippen molar-refractivity contribution in [1.29, 1.82) is 0 Å². The van der Waals surface area contributed by atoms with Crippen LogP contribution in [0.1, 0.15) is 18.1 Å². The average Bonchev–Trinajstić information content (AvgIpc) is 2.95. The van der Waals surface area contributed by atoms with E-state index in [1.807, 2.05) is 0 Å². The molecule has 0 spiro atoms. The van der Waals surface area contributed by atoms with Gasteiger partial charge in [-0.15, -0.1) is 0 Å². The molecule has 2 atom stereocenters. The molecule has 0 aromatic heterocycles. The molecule has 4 rings (SSSR count). The van der Waals surface area contributed by atoms with Crippen LogP contribution in [-0.4, -0.2) is 17.2 Å². The molecule has 3 aromatic rings. The highest BCUT2D eigenvalue weighted by Gasteiger charge is 2.57. The lowest BCUT2D eigenvalue weighted by Gasteiger charge is -2.36. The number of anilines is 2. The fourth-order valence-corrected chi connectivity index (χ4v) is 4.44. The molecule has 2 amide bonds. The Morgan fingerprint density at radius 2 is 1.44 bits per heavy atom. The second-order valence-corrected chi connectivity index (χ2v) is 9.25. The Hall–Kier alpha value is -2.36. The molecular formula is C23H17Br2F3N2O2. The summed E-state index contributed by atoms with van der Waals surface area (Å²) in [4.78, 5) is 16.1. The van der Waals surface area contributed by atoms with E-state index in [1.54, 1.807) is 55.5 Å². The Bertz CT molecular complexity index is 1150. The fourth-order valence-electron chi connectivity index (χ4n) is 3.91. The van der Waals surface area contributed by atoms with Gasteiger partial charge in [0.2, 0.25) is 0 Å². The lowest BCUT2D eigenvalue weighted by Crippen LogP contribution is -2.48. The van der Waals surface area contributed by atoms with Gasteiger partial charge in [0, 0.05) is 25.9 Å². The van der Waals surface area contributed by atoms with Crippen molar-refractivity contribution in [3.8, 4) is 0 Å². The molecule has 1 fully saturated rings. The second-order valence-electron chi connectivity index (χ2n) is 7.42. The van der Waals surface area contributed by atoms with Crippen LogP contribution in [0.2, 0.25) is 0 Å². The predicted octanol–water partition coefficient (Wildman–Crippen LogP) is 6.91. The minimum absolute atomic E-state index is 0.0318. The molecule has 1 unspecified atom stereocenters. The van der Waals surface area contributed by atoms with E-state index in [2.05, 4.69) is 31.9 Å². The normalized spacial score (nSPS) is 21.3. The minimum atomic E-state index is -4.59. The van der Waals surface area contributed by atoms with Crippen LogP contribution in [0.4, 0.5) is 29.3 Å².